The fourth-order valence-electron chi connectivity index (χ4n) is 1.06. The maximum atomic E-state index is 8.35. The van der Waals surface area contributed by atoms with Crippen LogP contribution in [0.1, 0.15) is 13.3 Å². The first-order valence-electron chi connectivity index (χ1n) is 4.01. The molecule has 0 bridgehead atoms. The molecule has 66 valence electrons. The summed E-state index contributed by atoms with van der Waals surface area (Å²) < 4.78 is 0. The number of nitrogens with zero attached hydrogens (tertiary/aromatic N) is 2. The van der Waals surface area contributed by atoms with Crippen molar-refractivity contribution in [3.05, 3.63) is 0 Å². The molecule has 2 atom stereocenters. The number of aliphatic imine (C=N–C) groups is 1. The molecule has 0 aliphatic heterocycles. The number of nitriles is 1. The molecule has 0 spiro atoms. The minimum atomic E-state index is 0.733. The number of nitrogens with one attached hydrogen (secondary N) is 1. The predicted octanol–water partition coefficient (Wildman–Crippen LogP) is 1.43. The molecule has 1 N–H and O–H groups in total. The Labute approximate surface area is 77.2 Å². The third kappa shape index (κ3) is 2.74. The van der Waals surface area contributed by atoms with Gasteiger partial charge in [0.15, 0.2) is 11.4 Å². The molecule has 1 fully saturated rings. The number of thioether (sulfide) groups is 1. The standard InChI is InChI=1S/C8H13N3S/c1-6-3-7(6)4-10-8(12-2)11-5-9/h6-7H,3-4H2,1-2H3,(H,10,11). The summed E-state index contributed by atoms with van der Waals surface area (Å²) in [6.45, 7) is 3.10. The van der Waals surface area contributed by atoms with E-state index in [4.69, 9.17) is 5.26 Å². The highest BCUT2D eigenvalue weighted by Crippen LogP contribution is 2.37. The zero-order valence-electron chi connectivity index (χ0n) is 7.37. The van der Waals surface area contributed by atoms with Crippen molar-refractivity contribution in [1.29, 1.82) is 5.26 Å². The lowest BCUT2D eigenvalue weighted by Crippen LogP contribution is -2.13. The normalized spacial score (nSPS) is 27.9. The number of hydrogen-bond donors (Lipinski definition) is 1. The molecule has 3 nitrogen and oxygen atoms in total. The monoisotopic (exact) mass is 183 g/mol. The second-order valence-corrected chi connectivity index (χ2v) is 3.85. The smallest absolute Gasteiger partial charge is 0.183 e. The van der Waals surface area contributed by atoms with Crippen molar-refractivity contribution in [3.63, 3.8) is 0 Å². The van der Waals surface area contributed by atoms with Crippen LogP contribution in [-0.4, -0.2) is 18.0 Å². The molecular weight excluding hydrogens is 170 g/mol. The van der Waals surface area contributed by atoms with Gasteiger partial charge in [-0.25, -0.2) is 0 Å². The first-order chi connectivity index (χ1) is 5.77. The lowest BCUT2D eigenvalue weighted by molar-refractivity contribution is 0.761. The van der Waals surface area contributed by atoms with Crippen LogP contribution >= 0.6 is 11.8 Å². The second-order valence-electron chi connectivity index (χ2n) is 3.06. The molecule has 0 aromatic heterocycles. The molecule has 12 heavy (non-hydrogen) atoms. The van der Waals surface area contributed by atoms with Gasteiger partial charge in [0.1, 0.15) is 0 Å². The van der Waals surface area contributed by atoms with Crippen molar-refractivity contribution < 1.29 is 0 Å². The van der Waals surface area contributed by atoms with Crippen molar-refractivity contribution in [2.45, 2.75) is 13.3 Å². The molecule has 0 heterocycles. The van der Waals surface area contributed by atoms with Gasteiger partial charge in [0.05, 0.1) is 0 Å². The molecule has 0 radical (unpaired) electrons. The first kappa shape index (κ1) is 9.40. The molecule has 0 saturated heterocycles. The Morgan fingerprint density at radius 2 is 2.50 bits per heavy atom. The van der Waals surface area contributed by atoms with Crippen molar-refractivity contribution >= 4 is 16.9 Å². The van der Waals surface area contributed by atoms with E-state index in [2.05, 4.69) is 17.2 Å². The summed E-state index contributed by atoms with van der Waals surface area (Å²) in [6.07, 6.45) is 5.08. The molecule has 0 aromatic rings. The van der Waals surface area contributed by atoms with Crippen LogP contribution < -0.4 is 5.32 Å². The Morgan fingerprint density at radius 1 is 1.83 bits per heavy atom. The molecule has 0 amide bonds. The third-order valence-electron chi connectivity index (χ3n) is 2.10. The summed E-state index contributed by atoms with van der Waals surface area (Å²) in [5.41, 5.74) is 0. The molecule has 1 rings (SSSR count). The second kappa shape index (κ2) is 4.36. The van der Waals surface area contributed by atoms with Gasteiger partial charge in [-0.2, -0.15) is 5.26 Å². The van der Waals surface area contributed by atoms with Crippen LogP contribution in [0.25, 0.3) is 0 Å². The van der Waals surface area contributed by atoms with Gasteiger partial charge in [-0.1, -0.05) is 18.7 Å². The number of amidine groups is 1. The highest BCUT2D eigenvalue weighted by molar-refractivity contribution is 8.13. The molecule has 1 saturated carbocycles. The molecular formula is C8H13N3S. The van der Waals surface area contributed by atoms with E-state index in [-0.39, 0.29) is 0 Å². The van der Waals surface area contributed by atoms with Crippen LogP contribution in [0, 0.1) is 23.3 Å². The van der Waals surface area contributed by atoms with E-state index in [0.29, 0.717) is 0 Å². The molecule has 0 aromatic carbocycles. The van der Waals surface area contributed by atoms with E-state index in [1.54, 1.807) is 0 Å². The number of hydrogen-bond acceptors (Lipinski definition) is 3. The third-order valence-corrected chi connectivity index (χ3v) is 2.72. The highest BCUT2D eigenvalue weighted by atomic mass is 32.2. The summed E-state index contributed by atoms with van der Waals surface area (Å²) in [7, 11) is 0. The average molecular weight is 183 g/mol. The van der Waals surface area contributed by atoms with Gasteiger partial charge in [0.2, 0.25) is 0 Å². The maximum absolute atomic E-state index is 8.35. The van der Waals surface area contributed by atoms with E-state index in [1.165, 1.54) is 18.2 Å². The Hall–Kier alpha value is -0.690. The molecule has 1 aliphatic rings. The van der Waals surface area contributed by atoms with Gasteiger partial charge >= 0.3 is 0 Å². The zero-order valence-corrected chi connectivity index (χ0v) is 8.19. The minimum absolute atomic E-state index is 0.733. The maximum Gasteiger partial charge on any atom is 0.183 e. The van der Waals surface area contributed by atoms with Crippen molar-refractivity contribution in [3.8, 4) is 6.19 Å². The summed E-state index contributed by atoms with van der Waals surface area (Å²) in [5.74, 6) is 1.59. The van der Waals surface area contributed by atoms with Gasteiger partial charge < -0.3 is 0 Å². The Bertz CT molecular complexity index is 219. The van der Waals surface area contributed by atoms with Crippen LogP contribution in [0.3, 0.4) is 0 Å². The quantitative estimate of drug-likeness (QED) is 0.305. The summed E-state index contributed by atoms with van der Waals surface area (Å²) >= 11 is 1.48. The largest absolute Gasteiger partial charge is 0.272 e. The number of rotatable bonds is 2. The predicted molar refractivity (Wildman–Crippen MR) is 51.8 cm³/mol. The molecule has 2 unspecified atom stereocenters. The van der Waals surface area contributed by atoms with Gasteiger partial charge in [0.25, 0.3) is 0 Å². The van der Waals surface area contributed by atoms with Gasteiger partial charge in [0, 0.05) is 6.54 Å². The first-order valence-corrected chi connectivity index (χ1v) is 5.24. The van der Waals surface area contributed by atoms with Crippen LogP contribution in [0.4, 0.5) is 0 Å². The van der Waals surface area contributed by atoms with Crippen LogP contribution in [0.5, 0.6) is 0 Å². The van der Waals surface area contributed by atoms with Crippen molar-refractivity contribution in [2.24, 2.45) is 16.8 Å². The molecule has 1 aliphatic carbocycles. The fourth-order valence-corrected chi connectivity index (χ4v) is 1.41. The van der Waals surface area contributed by atoms with E-state index < -0.39 is 0 Å². The van der Waals surface area contributed by atoms with E-state index in [0.717, 1.165) is 23.5 Å². The summed E-state index contributed by atoms with van der Waals surface area (Å²) in [5, 5.41) is 11.6. The lowest BCUT2D eigenvalue weighted by Gasteiger charge is -1.97. The SMILES string of the molecule is CSC(=NCC1CC1C)NC#N. The van der Waals surface area contributed by atoms with Crippen LogP contribution in [0.2, 0.25) is 0 Å². The summed E-state index contributed by atoms with van der Waals surface area (Å²) in [4.78, 5) is 4.29. The Balaban J connectivity index is 2.27. The summed E-state index contributed by atoms with van der Waals surface area (Å²) in [6, 6.07) is 0. The zero-order chi connectivity index (χ0) is 8.97. The van der Waals surface area contributed by atoms with Crippen molar-refractivity contribution in [1.82, 2.24) is 5.32 Å². The van der Waals surface area contributed by atoms with Gasteiger partial charge in [-0.3, -0.25) is 10.3 Å². The van der Waals surface area contributed by atoms with E-state index >= 15 is 0 Å². The Morgan fingerprint density at radius 3 is 2.92 bits per heavy atom. The van der Waals surface area contributed by atoms with E-state index in [9.17, 15) is 0 Å². The van der Waals surface area contributed by atoms with Crippen LogP contribution in [0.15, 0.2) is 4.99 Å². The van der Waals surface area contributed by atoms with E-state index in [1.807, 2.05) is 12.4 Å². The molecule has 4 heteroatoms. The van der Waals surface area contributed by atoms with Gasteiger partial charge in [-0.05, 0) is 24.5 Å². The van der Waals surface area contributed by atoms with Crippen molar-refractivity contribution in [2.75, 3.05) is 12.8 Å². The fraction of sp³-hybridized carbons (Fsp3) is 0.750. The topological polar surface area (TPSA) is 48.2 Å². The van der Waals surface area contributed by atoms with Gasteiger partial charge in [-0.15, -0.1) is 0 Å². The minimum Gasteiger partial charge on any atom is -0.272 e. The highest BCUT2D eigenvalue weighted by Gasteiger charge is 2.31. The Kier molecular flexibility index (Phi) is 3.42. The average Bonchev–Trinajstić information content (AvgIpc) is 2.76. The lowest BCUT2D eigenvalue weighted by atomic mass is 10.3. The van der Waals surface area contributed by atoms with Crippen LogP contribution in [-0.2, 0) is 0 Å².